The number of aliphatic carboxylic acids is 1. The van der Waals surface area contributed by atoms with E-state index in [1.54, 1.807) is 20.8 Å². The van der Waals surface area contributed by atoms with Gasteiger partial charge in [0.1, 0.15) is 6.04 Å². The molecule has 6 nitrogen and oxygen atoms in total. The molecule has 1 rings (SSSR count). The van der Waals surface area contributed by atoms with Gasteiger partial charge in [0.05, 0.1) is 0 Å². The zero-order valence-electron chi connectivity index (χ0n) is 11.2. The molecule has 1 N–H and O–H groups in total. The Balaban J connectivity index is 3.07. The summed E-state index contributed by atoms with van der Waals surface area (Å²) in [5.74, 6) is -1.21. The van der Waals surface area contributed by atoms with Gasteiger partial charge in [-0.1, -0.05) is 20.8 Å². The average molecular weight is 278 g/mol. The number of nitrogens with zero attached hydrogens (tertiary/aromatic N) is 2. The summed E-state index contributed by atoms with van der Waals surface area (Å²) in [4.78, 5) is 11.3. The minimum absolute atomic E-state index is 0.151. The van der Waals surface area contributed by atoms with Crippen molar-refractivity contribution < 1.29 is 18.3 Å². The molecule has 7 heteroatoms. The van der Waals surface area contributed by atoms with Crippen molar-refractivity contribution in [2.24, 2.45) is 5.92 Å². The number of hydrogen-bond donors (Lipinski definition) is 1. The molecule has 0 aliphatic carbocycles. The van der Waals surface area contributed by atoms with Crippen LogP contribution in [0.15, 0.2) is 0 Å². The van der Waals surface area contributed by atoms with E-state index in [-0.39, 0.29) is 5.92 Å². The maximum atomic E-state index is 12.4. The Morgan fingerprint density at radius 1 is 1.39 bits per heavy atom. The molecule has 1 aliphatic rings. The predicted molar refractivity (Wildman–Crippen MR) is 68.4 cm³/mol. The van der Waals surface area contributed by atoms with E-state index in [0.717, 1.165) is 10.7 Å². The second kappa shape index (κ2) is 5.99. The lowest BCUT2D eigenvalue weighted by Gasteiger charge is -2.38. The molecule has 0 amide bonds. The van der Waals surface area contributed by atoms with Crippen molar-refractivity contribution in [2.45, 2.75) is 39.7 Å². The molecule has 0 aromatic heterocycles. The average Bonchev–Trinajstić information content (AvgIpc) is 2.29. The van der Waals surface area contributed by atoms with Gasteiger partial charge in [0.15, 0.2) is 0 Å². The molecule has 1 fully saturated rings. The van der Waals surface area contributed by atoms with Crippen molar-refractivity contribution in [1.29, 1.82) is 0 Å². The van der Waals surface area contributed by atoms with Crippen LogP contribution in [0.3, 0.4) is 0 Å². The summed E-state index contributed by atoms with van der Waals surface area (Å²) in [5.41, 5.74) is 0. The first kappa shape index (κ1) is 15.4. The van der Waals surface area contributed by atoms with Gasteiger partial charge >= 0.3 is 5.97 Å². The van der Waals surface area contributed by atoms with E-state index >= 15 is 0 Å². The van der Waals surface area contributed by atoms with Crippen LogP contribution in [0.5, 0.6) is 0 Å². The third-order valence-corrected chi connectivity index (χ3v) is 5.64. The highest BCUT2D eigenvalue weighted by atomic mass is 32.2. The van der Waals surface area contributed by atoms with Crippen LogP contribution in [0.1, 0.15) is 33.6 Å². The number of carbonyl (C=O) groups is 1. The maximum Gasteiger partial charge on any atom is 0.322 e. The minimum Gasteiger partial charge on any atom is -0.480 e. The van der Waals surface area contributed by atoms with Gasteiger partial charge in [-0.25, -0.2) is 0 Å². The molecule has 0 spiro atoms. The molecule has 1 aliphatic heterocycles. The van der Waals surface area contributed by atoms with Crippen LogP contribution >= 0.6 is 0 Å². The Morgan fingerprint density at radius 2 is 1.94 bits per heavy atom. The normalized spacial score (nSPS) is 26.4. The van der Waals surface area contributed by atoms with Gasteiger partial charge in [-0.05, 0) is 18.8 Å². The molecule has 1 heterocycles. The Kier molecular flexibility index (Phi) is 5.12. The molecule has 0 aromatic rings. The van der Waals surface area contributed by atoms with Gasteiger partial charge in [0.2, 0.25) is 0 Å². The predicted octanol–water partition coefficient (Wildman–Crippen LogP) is 0.758. The Labute approximate surface area is 109 Å². The summed E-state index contributed by atoms with van der Waals surface area (Å²) in [6.45, 7) is 6.31. The fourth-order valence-electron chi connectivity index (χ4n) is 2.47. The zero-order valence-corrected chi connectivity index (χ0v) is 12.0. The number of hydrogen-bond acceptors (Lipinski definition) is 3. The standard InChI is InChI=1S/C11H22N2O4S/c1-4-12(5-2)18(16,17)13-8-6-7-9(3)10(13)11(14)15/h9-10H,4-8H2,1-3H3,(H,14,15). The van der Waals surface area contributed by atoms with Crippen molar-refractivity contribution in [3.8, 4) is 0 Å². The fourth-order valence-corrected chi connectivity index (χ4v) is 4.37. The molecule has 0 saturated carbocycles. The minimum atomic E-state index is -3.67. The summed E-state index contributed by atoms with van der Waals surface area (Å²) < 4.78 is 27.2. The van der Waals surface area contributed by atoms with Crippen molar-refractivity contribution in [2.75, 3.05) is 19.6 Å². The molecule has 0 radical (unpaired) electrons. The van der Waals surface area contributed by atoms with Gasteiger partial charge in [-0.2, -0.15) is 17.0 Å². The van der Waals surface area contributed by atoms with Crippen molar-refractivity contribution >= 4 is 16.2 Å². The number of carboxylic acids is 1. The van der Waals surface area contributed by atoms with Gasteiger partial charge in [0, 0.05) is 19.6 Å². The zero-order chi connectivity index (χ0) is 13.9. The first-order valence-electron chi connectivity index (χ1n) is 6.35. The molecule has 2 unspecified atom stereocenters. The summed E-state index contributed by atoms with van der Waals surface area (Å²) in [6, 6.07) is -0.940. The van der Waals surface area contributed by atoms with E-state index in [1.165, 1.54) is 4.31 Å². The van der Waals surface area contributed by atoms with E-state index < -0.39 is 22.2 Å². The second-order valence-electron chi connectivity index (χ2n) is 4.61. The Morgan fingerprint density at radius 3 is 2.39 bits per heavy atom. The molecule has 0 bridgehead atoms. The van der Waals surface area contributed by atoms with E-state index in [1.807, 2.05) is 0 Å². The van der Waals surface area contributed by atoms with Gasteiger partial charge in [-0.15, -0.1) is 0 Å². The summed E-state index contributed by atoms with van der Waals surface area (Å²) >= 11 is 0. The van der Waals surface area contributed by atoms with Crippen LogP contribution in [0.25, 0.3) is 0 Å². The van der Waals surface area contributed by atoms with E-state index in [0.29, 0.717) is 26.1 Å². The smallest absolute Gasteiger partial charge is 0.322 e. The lowest BCUT2D eigenvalue weighted by molar-refractivity contribution is -0.144. The van der Waals surface area contributed by atoms with Gasteiger partial charge in [0.25, 0.3) is 10.2 Å². The van der Waals surface area contributed by atoms with E-state index in [9.17, 15) is 18.3 Å². The van der Waals surface area contributed by atoms with Gasteiger partial charge in [-0.3, -0.25) is 4.79 Å². The third-order valence-electron chi connectivity index (χ3n) is 3.47. The summed E-state index contributed by atoms with van der Waals surface area (Å²) in [5, 5.41) is 9.24. The molecule has 106 valence electrons. The van der Waals surface area contributed by atoms with E-state index in [4.69, 9.17) is 0 Å². The van der Waals surface area contributed by atoms with Crippen LogP contribution < -0.4 is 0 Å². The highest BCUT2D eigenvalue weighted by Crippen LogP contribution is 2.27. The Bertz CT molecular complexity index is 392. The molecular formula is C11H22N2O4S. The topological polar surface area (TPSA) is 77.9 Å². The highest BCUT2D eigenvalue weighted by Gasteiger charge is 2.42. The van der Waals surface area contributed by atoms with Gasteiger partial charge < -0.3 is 5.11 Å². The van der Waals surface area contributed by atoms with Crippen LogP contribution in [-0.2, 0) is 15.0 Å². The van der Waals surface area contributed by atoms with Crippen LogP contribution in [0.4, 0.5) is 0 Å². The van der Waals surface area contributed by atoms with Crippen molar-refractivity contribution in [1.82, 2.24) is 8.61 Å². The highest BCUT2D eigenvalue weighted by molar-refractivity contribution is 7.86. The maximum absolute atomic E-state index is 12.4. The SMILES string of the molecule is CCN(CC)S(=O)(=O)N1CCCC(C)C1C(=O)O. The van der Waals surface area contributed by atoms with Crippen LogP contribution in [-0.4, -0.2) is 53.8 Å². The monoisotopic (exact) mass is 278 g/mol. The third kappa shape index (κ3) is 2.84. The number of carboxylic acid groups (broad SMARTS) is 1. The quantitative estimate of drug-likeness (QED) is 0.805. The van der Waals surface area contributed by atoms with E-state index in [2.05, 4.69) is 0 Å². The second-order valence-corrected chi connectivity index (χ2v) is 6.49. The Hall–Kier alpha value is -0.660. The van der Waals surface area contributed by atoms with Crippen LogP contribution in [0.2, 0.25) is 0 Å². The fraction of sp³-hybridized carbons (Fsp3) is 0.909. The molecule has 2 atom stereocenters. The van der Waals surface area contributed by atoms with Crippen LogP contribution in [0, 0.1) is 5.92 Å². The first-order valence-corrected chi connectivity index (χ1v) is 7.75. The number of piperidine rings is 1. The lowest BCUT2D eigenvalue weighted by Crippen LogP contribution is -2.56. The molecular weight excluding hydrogens is 256 g/mol. The summed E-state index contributed by atoms with van der Waals surface area (Å²) in [7, 11) is -3.67. The van der Waals surface area contributed by atoms with Crippen molar-refractivity contribution in [3.63, 3.8) is 0 Å². The number of rotatable bonds is 5. The molecule has 1 saturated heterocycles. The molecule has 0 aromatic carbocycles. The van der Waals surface area contributed by atoms with Crippen molar-refractivity contribution in [3.05, 3.63) is 0 Å². The largest absolute Gasteiger partial charge is 0.480 e. The first-order chi connectivity index (χ1) is 8.36. The lowest BCUT2D eigenvalue weighted by atomic mass is 9.93. The molecule has 18 heavy (non-hydrogen) atoms. The summed E-state index contributed by atoms with van der Waals surface area (Å²) in [6.07, 6.45) is 1.46.